The molecule has 0 radical (unpaired) electrons. The largest absolute Gasteiger partial charge is 0.488 e. The van der Waals surface area contributed by atoms with E-state index in [4.69, 9.17) is 15.6 Å². The van der Waals surface area contributed by atoms with Crippen LogP contribution < -0.4 is 15.9 Å². The van der Waals surface area contributed by atoms with Crippen molar-refractivity contribution in [2.75, 3.05) is 0 Å². The van der Waals surface area contributed by atoms with Crippen molar-refractivity contribution in [1.29, 1.82) is 0 Å². The molecule has 4 N–H and O–H groups in total. The molecule has 0 aromatic heterocycles. The summed E-state index contributed by atoms with van der Waals surface area (Å²) in [6.07, 6.45) is -4.70. The molecule has 0 saturated carbocycles. The third-order valence-electron chi connectivity index (χ3n) is 5.77. The number of hydrogen-bond acceptors (Lipinski definition) is 5. The first kappa shape index (κ1) is 24.3. The van der Waals surface area contributed by atoms with Gasteiger partial charge in [0.2, 0.25) is 0 Å². The predicted octanol–water partition coefficient (Wildman–Crippen LogP) is 5.14. The lowest BCUT2D eigenvalue weighted by Gasteiger charge is -2.18. The molecule has 182 valence electrons. The summed E-state index contributed by atoms with van der Waals surface area (Å²) in [5.41, 5.74) is 11.3. The van der Waals surface area contributed by atoms with Gasteiger partial charge in [-0.1, -0.05) is 60.7 Å². The summed E-state index contributed by atoms with van der Waals surface area (Å²) in [4.78, 5) is 10.9. The zero-order chi connectivity index (χ0) is 25.0. The molecule has 0 amide bonds. The number of ether oxygens (including phenoxy) is 1. The second kappa shape index (κ2) is 10.2. The first-order valence-electron chi connectivity index (χ1n) is 11.0. The van der Waals surface area contributed by atoms with Gasteiger partial charge in [-0.05, 0) is 34.4 Å². The molecule has 2 unspecified atom stereocenters. The molecule has 0 saturated heterocycles. The lowest BCUT2D eigenvalue weighted by atomic mass is 9.96. The van der Waals surface area contributed by atoms with Gasteiger partial charge in [-0.2, -0.15) is 18.3 Å². The summed E-state index contributed by atoms with van der Waals surface area (Å²) in [5, 5.41) is 12.9. The van der Waals surface area contributed by atoms with E-state index in [-0.39, 0.29) is 25.2 Å². The SMILES string of the molecule is NC(CC(=O)O)C1=NNC(c2ccc(OCc3ccc(-c4ccccc4)cc3)c(C(F)(F)F)c2)C1. The highest BCUT2D eigenvalue weighted by Gasteiger charge is 2.36. The highest BCUT2D eigenvalue weighted by atomic mass is 19.4. The number of hydrogen-bond donors (Lipinski definition) is 3. The van der Waals surface area contributed by atoms with E-state index < -0.39 is 29.8 Å². The maximum Gasteiger partial charge on any atom is 0.419 e. The Morgan fingerprint density at radius 1 is 1.09 bits per heavy atom. The van der Waals surface area contributed by atoms with Crippen LogP contribution in [0.5, 0.6) is 5.75 Å². The molecule has 3 aromatic rings. The minimum absolute atomic E-state index is 0.0174. The lowest BCUT2D eigenvalue weighted by molar-refractivity contribution is -0.139. The van der Waals surface area contributed by atoms with Crippen LogP contribution >= 0.6 is 0 Å². The second-order valence-corrected chi connectivity index (χ2v) is 8.30. The van der Waals surface area contributed by atoms with Crippen LogP contribution in [0.1, 0.15) is 35.6 Å². The molecule has 35 heavy (non-hydrogen) atoms. The van der Waals surface area contributed by atoms with E-state index in [1.807, 2.05) is 54.6 Å². The second-order valence-electron chi connectivity index (χ2n) is 8.30. The van der Waals surface area contributed by atoms with E-state index in [9.17, 15) is 18.0 Å². The Labute approximate surface area is 200 Å². The monoisotopic (exact) mass is 483 g/mol. The van der Waals surface area contributed by atoms with Crippen LogP contribution in [-0.4, -0.2) is 22.8 Å². The van der Waals surface area contributed by atoms with Crippen molar-refractivity contribution >= 4 is 11.7 Å². The minimum Gasteiger partial charge on any atom is -0.488 e. The Kier molecular flexibility index (Phi) is 7.07. The average molecular weight is 483 g/mol. The molecule has 2 atom stereocenters. The molecular formula is C26H24F3N3O3. The number of nitrogens with zero attached hydrogens (tertiary/aromatic N) is 1. The van der Waals surface area contributed by atoms with Crippen molar-refractivity contribution in [2.45, 2.75) is 37.7 Å². The molecule has 0 spiro atoms. The molecule has 0 fully saturated rings. The Balaban J connectivity index is 1.46. The van der Waals surface area contributed by atoms with Crippen LogP contribution in [0.25, 0.3) is 11.1 Å². The number of hydrazone groups is 1. The molecule has 1 aliphatic rings. The van der Waals surface area contributed by atoms with Crippen LogP contribution in [0.2, 0.25) is 0 Å². The zero-order valence-electron chi connectivity index (χ0n) is 18.6. The van der Waals surface area contributed by atoms with Gasteiger partial charge in [-0.25, -0.2) is 0 Å². The maximum absolute atomic E-state index is 13.8. The topological polar surface area (TPSA) is 96.9 Å². The van der Waals surface area contributed by atoms with E-state index in [1.54, 1.807) is 6.07 Å². The van der Waals surface area contributed by atoms with Crippen molar-refractivity contribution in [1.82, 2.24) is 5.43 Å². The molecule has 0 aliphatic carbocycles. The first-order chi connectivity index (χ1) is 16.7. The molecule has 1 heterocycles. The first-order valence-corrected chi connectivity index (χ1v) is 11.0. The predicted molar refractivity (Wildman–Crippen MR) is 126 cm³/mol. The van der Waals surface area contributed by atoms with Gasteiger partial charge in [0.15, 0.2) is 0 Å². The zero-order valence-corrected chi connectivity index (χ0v) is 18.6. The molecule has 6 nitrogen and oxygen atoms in total. The summed E-state index contributed by atoms with van der Waals surface area (Å²) >= 11 is 0. The molecule has 9 heteroatoms. The number of nitrogens with two attached hydrogens (primary N) is 1. The summed E-state index contributed by atoms with van der Waals surface area (Å²) < 4.78 is 47.0. The highest BCUT2D eigenvalue weighted by Crippen LogP contribution is 2.39. The standard InChI is InChI=1S/C26H24F3N3O3/c27-26(28,29)20-12-19(22-14-23(32-31-22)21(30)13-25(33)34)10-11-24(20)35-15-16-6-8-18(9-7-16)17-4-2-1-3-5-17/h1-12,21-22,31H,13-15,30H2,(H,33,34). The number of carboxylic acid groups (broad SMARTS) is 1. The fourth-order valence-corrected chi connectivity index (χ4v) is 3.89. The maximum atomic E-state index is 13.8. The van der Waals surface area contributed by atoms with Gasteiger partial charge in [0.25, 0.3) is 0 Å². The van der Waals surface area contributed by atoms with Crippen LogP contribution in [0.3, 0.4) is 0 Å². The number of carbonyl (C=O) groups is 1. The van der Waals surface area contributed by atoms with Crippen LogP contribution in [0.15, 0.2) is 77.9 Å². The number of alkyl halides is 3. The number of carboxylic acids is 1. The van der Waals surface area contributed by atoms with Crippen molar-refractivity contribution in [3.8, 4) is 16.9 Å². The van der Waals surface area contributed by atoms with Gasteiger partial charge in [-0.15, -0.1) is 0 Å². The quantitative estimate of drug-likeness (QED) is 0.412. The van der Waals surface area contributed by atoms with Gasteiger partial charge >= 0.3 is 12.1 Å². The van der Waals surface area contributed by atoms with Gasteiger partial charge < -0.3 is 21.0 Å². The summed E-state index contributed by atoms with van der Waals surface area (Å²) in [5.74, 6) is -1.34. The van der Waals surface area contributed by atoms with Crippen LogP contribution in [0, 0.1) is 0 Å². The van der Waals surface area contributed by atoms with Gasteiger partial charge in [-0.3, -0.25) is 4.79 Å². The van der Waals surface area contributed by atoms with Crippen LogP contribution in [-0.2, 0) is 17.6 Å². The fourth-order valence-electron chi connectivity index (χ4n) is 3.89. The summed E-state index contributed by atoms with van der Waals surface area (Å²) in [6, 6.07) is 19.8. The number of rotatable bonds is 8. The van der Waals surface area contributed by atoms with Crippen molar-refractivity contribution in [2.24, 2.45) is 10.8 Å². The van der Waals surface area contributed by atoms with E-state index >= 15 is 0 Å². The molecule has 0 bridgehead atoms. The van der Waals surface area contributed by atoms with Gasteiger partial charge in [0.05, 0.1) is 29.8 Å². The average Bonchev–Trinajstić information content (AvgIpc) is 3.33. The number of aliphatic carboxylic acids is 1. The summed E-state index contributed by atoms with van der Waals surface area (Å²) in [7, 11) is 0. The van der Waals surface area contributed by atoms with E-state index in [0.717, 1.165) is 22.8 Å². The smallest absolute Gasteiger partial charge is 0.419 e. The van der Waals surface area contributed by atoms with E-state index in [0.29, 0.717) is 11.3 Å². The molecule has 3 aromatic carbocycles. The number of halogens is 3. The molecule has 1 aliphatic heterocycles. The third kappa shape index (κ3) is 5.99. The normalized spacial score (nSPS) is 16.3. The molecular weight excluding hydrogens is 459 g/mol. The van der Waals surface area contributed by atoms with E-state index in [1.165, 1.54) is 6.07 Å². The number of nitrogens with one attached hydrogen (secondary N) is 1. The van der Waals surface area contributed by atoms with Gasteiger partial charge in [0, 0.05) is 6.42 Å². The van der Waals surface area contributed by atoms with Gasteiger partial charge in [0.1, 0.15) is 12.4 Å². The third-order valence-corrected chi connectivity index (χ3v) is 5.77. The Morgan fingerprint density at radius 3 is 2.43 bits per heavy atom. The lowest BCUT2D eigenvalue weighted by Crippen LogP contribution is -2.32. The molecule has 4 rings (SSSR count). The van der Waals surface area contributed by atoms with Crippen molar-refractivity contribution < 1.29 is 27.8 Å². The Morgan fingerprint density at radius 2 is 1.77 bits per heavy atom. The summed E-state index contributed by atoms with van der Waals surface area (Å²) in [6.45, 7) is -0.0174. The van der Waals surface area contributed by atoms with Crippen molar-refractivity contribution in [3.05, 3.63) is 89.5 Å². The minimum atomic E-state index is -4.62. The Hall–Kier alpha value is -3.85. The van der Waals surface area contributed by atoms with Crippen molar-refractivity contribution in [3.63, 3.8) is 0 Å². The number of benzene rings is 3. The Bertz CT molecular complexity index is 1210. The van der Waals surface area contributed by atoms with E-state index in [2.05, 4.69) is 10.5 Å². The highest BCUT2D eigenvalue weighted by molar-refractivity contribution is 5.93. The fraction of sp³-hybridized carbons (Fsp3) is 0.231. The van der Waals surface area contributed by atoms with Crippen LogP contribution in [0.4, 0.5) is 13.2 Å².